The van der Waals surface area contributed by atoms with Gasteiger partial charge in [0.15, 0.2) is 0 Å². The van der Waals surface area contributed by atoms with Crippen molar-refractivity contribution in [2.45, 2.75) is 65.4 Å². The number of ether oxygens (including phenoxy) is 3. The zero-order valence-corrected chi connectivity index (χ0v) is 16.1. The maximum absolute atomic E-state index is 12.3. The van der Waals surface area contributed by atoms with Gasteiger partial charge in [-0.3, -0.25) is 0 Å². The molecule has 1 aliphatic rings. The molecule has 0 unspecified atom stereocenters. The van der Waals surface area contributed by atoms with E-state index in [1.54, 1.807) is 24.3 Å². The third-order valence-corrected chi connectivity index (χ3v) is 4.59. The van der Waals surface area contributed by atoms with Gasteiger partial charge in [0.2, 0.25) is 6.10 Å². The Morgan fingerprint density at radius 2 is 1.77 bits per heavy atom. The highest BCUT2D eigenvalue weighted by atomic mass is 16.6. The van der Waals surface area contributed by atoms with E-state index in [0.29, 0.717) is 12.2 Å². The molecule has 0 spiro atoms. The first kappa shape index (κ1) is 20.3. The summed E-state index contributed by atoms with van der Waals surface area (Å²) < 4.78 is 16.0. The van der Waals surface area contributed by atoms with Crippen LogP contribution in [-0.4, -0.2) is 31.3 Å². The van der Waals surface area contributed by atoms with Gasteiger partial charge in [0.05, 0.1) is 12.2 Å². The summed E-state index contributed by atoms with van der Waals surface area (Å²) in [6, 6.07) is 6.83. The summed E-state index contributed by atoms with van der Waals surface area (Å²) in [5, 5.41) is 0. The summed E-state index contributed by atoms with van der Waals surface area (Å²) >= 11 is 0. The highest BCUT2D eigenvalue weighted by molar-refractivity contribution is 5.92. The smallest absolute Gasteiger partial charge is 0.348 e. The monoisotopic (exact) mass is 362 g/mol. The lowest BCUT2D eigenvalue weighted by Crippen LogP contribution is -2.34. The average molecular weight is 362 g/mol. The number of esters is 2. The van der Waals surface area contributed by atoms with Gasteiger partial charge in [-0.1, -0.05) is 52.9 Å². The molecule has 1 heterocycles. The second kappa shape index (κ2) is 9.60. The Kier molecular flexibility index (Phi) is 7.49. The van der Waals surface area contributed by atoms with Crippen LogP contribution in [0.1, 0.15) is 69.7 Å². The quantitative estimate of drug-likeness (QED) is 0.452. The molecule has 0 bridgehead atoms. The fraction of sp³-hybridized carbons (Fsp3) is 0.619. The summed E-state index contributed by atoms with van der Waals surface area (Å²) in [6.07, 6.45) is 6.45. The van der Waals surface area contributed by atoms with Gasteiger partial charge >= 0.3 is 11.9 Å². The van der Waals surface area contributed by atoms with Crippen molar-refractivity contribution in [3.8, 4) is 5.75 Å². The predicted molar refractivity (Wildman–Crippen MR) is 99.3 cm³/mol. The van der Waals surface area contributed by atoms with Crippen molar-refractivity contribution in [3.05, 3.63) is 29.8 Å². The number of cyclic esters (lactones) is 1. The predicted octanol–water partition coefficient (Wildman–Crippen LogP) is 4.53. The van der Waals surface area contributed by atoms with Crippen molar-refractivity contribution < 1.29 is 23.8 Å². The third kappa shape index (κ3) is 5.75. The molecule has 5 nitrogen and oxygen atoms in total. The average Bonchev–Trinajstić information content (AvgIpc) is 2.88. The van der Waals surface area contributed by atoms with E-state index in [1.165, 1.54) is 32.1 Å². The van der Waals surface area contributed by atoms with Gasteiger partial charge in [-0.25, -0.2) is 9.59 Å². The van der Waals surface area contributed by atoms with Crippen LogP contribution in [0.4, 0.5) is 0 Å². The molecule has 1 aliphatic heterocycles. The largest absolute Gasteiger partial charge is 0.494 e. The molecule has 0 amide bonds. The first-order valence-corrected chi connectivity index (χ1v) is 9.54. The summed E-state index contributed by atoms with van der Waals surface area (Å²) in [7, 11) is 0. The molecule has 0 aromatic heterocycles. The second-order valence-electron chi connectivity index (χ2n) is 7.52. The highest BCUT2D eigenvalue weighted by Crippen LogP contribution is 2.31. The second-order valence-corrected chi connectivity index (χ2v) is 7.52. The van der Waals surface area contributed by atoms with E-state index in [1.807, 2.05) is 13.8 Å². The van der Waals surface area contributed by atoms with Gasteiger partial charge in [0.25, 0.3) is 0 Å². The zero-order chi connectivity index (χ0) is 19.0. The Bertz CT molecular complexity index is 591. The molecule has 2 rings (SSSR count). The summed E-state index contributed by atoms with van der Waals surface area (Å²) in [6.45, 7) is 6.83. The number of hydrogen-bond donors (Lipinski definition) is 0. The first-order chi connectivity index (χ1) is 12.4. The van der Waals surface area contributed by atoms with Crippen molar-refractivity contribution in [3.63, 3.8) is 0 Å². The minimum atomic E-state index is -0.862. The molecule has 144 valence electrons. The maximum Gasteiger partial charge on any atom is 0.348 e. The van der Waals surface area contributed by atoms with Gasteiger partial charge in [0, 0.05) is 5.41 Å². The van der Waals surface area contributed by atoms with Crippen molar-refractivity contribution in [2.75, 3.05) is 13.2 Å². The molecule has 1 saturated heterocycles. The van der Waals surface area contributed by atoms with Gasteiger partial charge in [-0.05, 0) is 30.7 Å². The van der Waals surface area contributed by atoms with Crippen LogP contribution in [0.15, 0.2) is 24.3 Å². The molecule has 5 heteroatoms. The minimum Gasteiger partial charge on any atom is -0.494 e. The van der Waals surface area contributed by atoms with Crippen LogP contribution >= 0.6 is 0 Å². The Morgan fingerprint density at radius 1 is 1.12 bits per heavy atom. The molecule has 1 fully saturated rings. The number of hydrogen-bond acceptors (Lipinski definition) is 5. The van der Waals surface area contributed by atoms with Crippen molar-refractivity contribution in [1.82, 2.24) is 0 Å². The Labute approximate surface area is 156 Å². The van der Waals surface area contributed by atoms with Crippen LogP contribution in [0, 0.1) is 5.41 Å². The van der Waals surface area contributed by atoms with Crippen molar-refractivity contribution >= 4 is 11.9 Å². The van der Waals surface area contributed by atoms with E-state index in [0.717, 1.165) is 12.2 Å². The van der Waals surface area contributed by atoms with E-state index in [9.17, 15) is 9.59 Å². The molecular formula is C21H30O5. The molecule has 1 aromatic carbocycles. The van der Waals surface area contributed by atoms with Gasteiger partial charge in [-0.2, -0.15) is 0 Å². The molecule has 0 aliphatic carbocycles. The van der Waals surface area contributed by atoms with E-state index in [4.69, 9.17) is 14.2 Å². The Morgan fingerprint density at radius 3 is 2.38 bits per heavy atom. The van der Waals surface area contributed by atoms with Gasteiger partial charge in [0.1, 0.15) is 12.4 Å². The first-order valence-electron chi connectivity index (χ1n) is 9.54. The van der Waals surface area contributed by atoms with Gasteiger partial charge in [-0.15, -0.1) is 0 Å². The minimum absolute atomic E-state index is 0.259. The number of rotatable bonds is 10. The number of unbranched alkanes of at least 4 members (excludes halogenated alkanes) is 5. The fourth-order valence-electron chi connectivity index (χ4n) is 2.87. The summed E-state index contributed by atoms with van der Waals surface area (Å²) in [5.74, 6) is -0.276. The molecule has 1 atom stereocenters. The topological polar surface area (TPSA) is 61.8 Å². The molecule has 0 N–H and O–H groups in total. The molecule has 1 aromatic rings. The lowest BCUT2D eigenvalue weighted by Gasteiger charge is -2.21. The lowest BCUT2D eigenvalue weighted by atomic mass is 9.90. The standard InChI is InChI=1S/C21H30O5/c1-4-5-6-7-8-9-14-24-17-12-10-16(11-13-17)19(22)26-18-20(23)25-15-21(18,2)3/h10-13,18H,4-9,14-15H2,1-3H3/t18-/m0/s1. The molecule has 0 saturated carbocycles. The lowest BCUT2D eigenvalue weighted by molar-refractivity contribution is -0.145. The SMILES string of the molecule is CCCCCCCCOc1ccc(C(=O)O[C@H]2C(=O)OCC2(C)C)cc1. The maximum atomic E-state index is 12.3. The molecule has 0 radical (unpaired) electrons. The fourth-order valence-corrected chi connectivity index (χ4v) is 2.87. The van der Waals surface area contributed by atoms with Crippen LogP contribution in [0.2, 0.25) is 0 Å². The van der Waals surface area contributed by atoms with Crippen molar-refractivity contribution in [2.24, 2.45) is 5.41 Å². The third-order valence-electron chi connectivity index (χ3n) is 4.59. The van der Waals surface area contributed by atoms with E-state index >= 15 is 0 Å². The number of carbonyl (C=O) groups excluding carboxylic acids is 2. The highest BCUT2D eigenvalue weighted by Gasteiger charge is 2.46. The van der Waals surface area contributed by atoms with E-state index < -0.39 is 23.5 Å². The van der Waals surface area contributed by atoms with Gasteiger partial charge < -0.3 is 14.2 Å². The Hall–Kier alpha value is -2.04. The van der Waals surface area contributed by atoms with Crippen LogP contribution in [-0.2, 0) is 14.3 Å². The summed E-state index contributed by atoms with van der Waals surface area (Å²) in [5.41, 5.74) is -0.111. The van der Waals surface area contributed by atoms with E-state index in [-0.39, 0.29) is 6.61 Å². The number of carbonyl (C=O) groups is 2. The van der Waals surface area contributed by atoms with Crippen LogP contribution in [0.5, 0.6) is 5.75 Å². The number of benzene rings is 1. The van der Waals surface area contributed by atoms with E-state index in [2.05, 4.69) is 6.92 Å². The van der Waals surface area contributed by atoms with Crippen LogP contribution in [0.25, 0.3) is 0 Å². The van der Waals surface area contributed by atoms with Crippen LogP contribution < -0.4 is 4.74 Å². The molecular weight excluding hydrogens is 332 g/mol. The Balaban J connectivity index is 1.76. The zero-order valence-electron chi connectivity index (χ0n) is 16.1. The van der Waals surface area contributed by atoms with Crippen molar-refractivity contribution in [1.29, 1.82) is 0 Å². The summed E-state index contributed by atoms with van der Waals surface area (Å²) in [4.78, 5) is 24.0. The van der Waals surface area contributed by atoms with Crippen LogP contribution in [0.3, 0.4) is 0 Å². The molecule has 26 heavy (non-hydrogen) atoms. The normalized spacial score (nSPS) is 18.4.